The van der Waals surface area contributed by atoms with Crippen LogP contribution in [0.4, 0.5) is 5.69 Å². The van der Waals surface area contributed by atoms with Gasteiger partial charge in [-0.3, -0.25) is 4.79 Å². The van der Waals surface area contributed by atoms with E-state index in [9.17, 15) is 4.79 Å². The van der Waals surface area contributed by atoms with Crippen molar-refractivity contribution < 1.29 is 4.79 Å². The smallest absolute Gasteiger partial charge is 0.224 e. The number of aromatic amines is 1. The molecule has 24 heavy (non-hydrogen) atoms. The van der Waals surface area contributed by atoms with Crippen LogP contribution in [0.5, 0.6) is 0 Å². The van der Waals surface area contributed by atoms with Crippen molar-refractivity contribution >= 4 is 11.6 Å². The summed E-state index contributed by atoms with van der Waals surface area (Å²) in [4.78, 5) is 12.0. The molecule has 2 aromatic rings. The number of hydrogen-bond acceptors (Lipinski definition) is 3. The van der Waals surface area contributed by atoms with Crippen LogP contribution < -0.4 is 5.32 Å². The maximum atomic E-state index is 12.0. The Balaban J connectivity index is 1.66. The molecule has 128 valence electrons. The molecular formula is C19H26N4O. The van der Waals surface area contributed by atoms with Gasteiger partial charge in [-0.25, -0.2) is 0 Å². The summed E-state index contributed by atoms with van der Waals surface area (Å²) in [6.07, 6.45) is 12.3. The lowest BCUT2D eigenvalue weighted by Crippen LogP contribution is -2.11. The van der Waals surface area contributed by atoms with Gasteiger partial charge >= 0.3 is 0 Å². The summed E-state index contributed by atoms with van der Waals surface area (Å²) in [7, 11) is 0. The Hall–Kier alpha value is -2.43. The van der Waals surface area contributed by atoms with Crippen LogP contribution >= 0.6 is 0 Å². The van der Waals surface area contributed by atoms with Crippen molar-refractivity contribution in [3.8, 4) is 11.3 Å². The largest absolute Gasteiger partial charge is 0.326 e. The third kappa shape index (κ3) is 6.36. The molecule has 0 bridgehead atoms. The summed E-state index contributed by atoms with van der Waals surface area (Å²) in [5.41, 5.74) is 2.49. The van der Waals surface area contributed by atoms with Crippen molar-refractivity contribution in [3.05, 3.63) is 43.1 Å². The van der Waals surface area contributed by atoms with Crippen molar-refractivity contribution in [2.75, 3.05) is 5.32 Å². The number of allylic oxidation sites excluding steroid dienone is 1. The third-order valence-electron chi connectivity index (χ3n) is 3.92. The number of hydrogen-bond donors (Lipinski definition) is 2. The predicted octanol–water partition coefficient (Wildman–Crippen LogP) is 4.72. The molecule has 0 spiro atoms. The number of unbranched alkanes of at least 4 members (excludes halogenated alkanes) is 6. The van der Waals surface area contributed by atoms with Crippen molar-refractivity contribution in [1.29, 1.82) is 0 Å². The zero-order chi connectivity index (χ0) is 17.0. The molecule has 0 aliphatic heterocycles. The number of rotatable bonds is 11. The van der Waals surface area contributed by atoms with Gasteiger partial charge in [0.25, 0.3) is 0 Å². The van der Waals surface area contributed by atoms with E-state index >= 15 is 0 Å². The van der Waals surface area contributed by atoms with E-state index in [0.717, 1.165) is 36.2 Å². The molecule has 0 unspecified atom stereocenters. The average Bonchev–Trinajstić information content (AvgIpc) is 3.12. The number of aromatic nitrogens is 3. The van der Waals surface area contributed by atoms with Gasteiger partial charge in [0.15, 0.2) is 0 Å². The van der Waals surface area contributed by atoms with E-state index in [1.165, 1.54) is 25.7 Å². The normalized spacial score (nSPS) is 10.5. The number of carbonyl (C=O) groups excluding carboxylic acids is 1. The molecule has 0 radical (unpaired) electrons. The van der Waals surface area contributed by atoms with Gasteiger partial charge in [0, 0.05) is 17.7 Å². The van der Waals surface area contributed by atoms with Crippen LogP contribution in [0.1, 0.15) is 51.4 Å². The minimum atomic E-state index is 0.0685. The molecule has 5 nitrogen and oxygen atoms in total. The van der Waals surface area contributed by atoms with Crippen molar-refractivity contribution in [2.24, 2.45) is 0 Å². The summed E-state index contributed by atoms with van der Waals surface area (Å²) in [6, 6.07) is 7.65. The maximum absolute atomic E-state index is 12.0. The number of nitrogens with zero attached hydrogens (tertiary/aromatic N) is 2. The molecule has 0 saturated heterocycles. The first kappa shape index (κ1) is 17.9. The van der Waals surface area contributed by atoms with Gasteiger partial charge in [-0.1, -0.05) is 43.9 Å². The quantitative estimate of drug-likeness (QED) is 0.464. The molecular weight excluding hydrogens is 300 g/mol. The topological polar surface area (TPSA) is 70.7 Å². The standard InChI is InChI=1S/C19H26N4O/c1-2-3-4-5-6-7-8-9-13-19(24)21-17-12-10-11-16(14-17)18-15-20-23-22-18/h2,10-12,14-15H,1,3-9,13H2,(H,21,24)(H,20,22,23). The summed E-state index contributed by atoms with van der Waals surface area (Å²) in [5, 5.41) is 13.4. The van der Waals surface area contributed by atoms with E-state index in [0.29, 0.717) is 6.42 Å². The van der Waals surface area contributed by atoms with E-state index in [4.69, 9.17) is 0 Å². The molecule has 0 fully saturated rings. The number of carbonyl (C=O) groups is 1. The molecule has 5 heteroatoms. The maximum Gasteiger partial charge on any atom is 0.224 e. The Kier molecular flexibility index (Phi) is 7.74. The fourth-order valence-corrected chi connectivity index (χ4v) is 2.60. The summed E-state index contributed by atoms with van der Waals surface area (Å²) in [5.74, 6) is 0.0685. The second-order valence-electron chi connectivity index (χ2n) is 5.93. The molecule has 1 heterocycles. The summed E-state index contributed by atoms with van der Waals surface area (Å²) < 4.78 is 0. The minimum Gasteiger partial charge on any atom is -0.326 e. The number of benzene rings is 1. The Bertz CT molecular complexity index is 622. The fraction of sp³-hybridized carbons (Fsp3) is 0.421. The van der Waals surface area contributed by atoms with Crippen LogP contribution in [0.25, 0.3) is 11.3 Å². The minimum absolute atomic E-state index is 0.0685. The van der Waals surface area contributed by atoms with Crippen LogP contribution in [0.2, 0.25) is 0 Å². The average molecular weight is 326 g/mol. The van der Waals surface area contributed by atoms with Crippen LogP contribution in [0.15, 0.2) is 43.1 Å². The number of H-pyrrole nitrogens is 1. The van der Waals surface area contributed by atoms with Gasteiger partial charge < -0.3 is 5.32 Å². The molecule has 1 amide bonds. The van der Waals surface area contributed by atoms with Crippen molar-refractivity contribution in [2.45, 2.75) is 51.4 Å². The Labute approximate surface area is 143 Å². The van der Waals surface area contributed by atoms with Crippen LogP contribution in [0, 0.1) is 0 Å². The SMILES string of the molecule is C=CCCCCCCCCC(=O)Nc1cccc(-c2cn[nH]n2)c1. The van der Waals surface area contributed by atoms with E-state index in [1.807, 2.05) is 30.3 Å². The van der Waals surface area contributed by atoms with Crippen molar-refractivity contribution in [3.63, 3.8) is 0 Å². The lowest BCUT2D eigenvalue weighted by Gasteiger charge is -2.06. The zero-order valence-electron chi connectivity index (χ0n) is 14.1. The van der Waals surface area contributed by atoms with E-state index in [2.05, 4.69) is 27.3 Å². The number of amides is 1. The summed E-state index contributed by atoms with van der Waals surface area (Å²) in [6.45, 7) is 3.73. The number of anilines is 1. The molecule has 0 aliphatic rings. The third-order valence-corrected chi connectivity index (χ3v) is 3.92. The Morgan fingerprint density at radius 1 is 1.17 bits per heavy atom. The number of nitrogens with one attached hydrogen (secondary N) is 2. The van der Waals surface area contributed by atoms with Crippen LogP contribution in [0.3, 0.4) is 0 Å². The van der Waals surface area contributed by atoms with Gasteiger partial charge in [0.2, 0.25) is 5.91 Å². The van der Waals surface area contributed by atoms with Crippen LogP contribution in [-0.4, -0.2) is 21.3 Å². The van der Waals surface area contributed by atoms with E-state index < -0.39 is 0 Å². The highest BCUT2D eigenvalue weighted by Gasteiger charge is 2.05. The first-order valence-corrected chi connectivity index (χ1v) is 8.66. The highest BCUT2D eigenvalue weighted by molar-refractivity contribution is 5.91. The molecule has 0 atom stereocenters. The van der Waals surface area contributed by atoms with Gasteiger partial charge in [0.05, 0.1) is 6.20 Å². The highest BCUT2D eigenvalue weighted by atomic mass is 16.1. The van der Waals surface area contributed by atoms with E-state index in [1.54, 1.807) is 6.20 Å². The lowest BCUT2D eigenvalue weighted by molar-refractivity contribution is -0.116. The lowest BCUT2D eigenvalue weighted by atomic mass is 10.1. The van der Waals surface area contributed by atoms with Gasteiger partial charge in [-0.05, 0) is 31.4 Å². The molecule has 2 N–H and O–H groups in total. The monoisotopic (exact) mass is 326 g/mol. The molecule has 2 rings (SSSR count). The van der Waals surface area contributed by atoms with E-state index in [-0.39, 0.29) is 5.91 Å². The Morgan fingerprint density at radius 3 is 2.71 bits per heavy atom. The second kappa shape index (κ2) is 10.4. The first-order chi connectivity index (χ1) is 11.8. The highest BCUT2D eigenvalue weighted by Crippen LogP contribution is 2.20. The van der Waals surface area contributed by atoms with Gasteiger partial charge in [-0.2, -0.15) is 15.4 Å². The van der Waals surface area contributed by atoms with Crippen molar-refractivity contribution in [1.82, 2.24) is 15.4 Å². The molecule has 0 aliphatic carbocycles. The first-order valence-electron chi connectivity index (χ1n) is 8.66. The summed E-state index contributed by atoms with van der Waals surface area (Å²) >= 11 is 0. The zero-order valence-corrected chi connectivity index (χ0v) is 14.1. The predicted molar refractivity (Wildman–Crippen MR) is 97.6 cm³/mol. The van der Waals surface area contributed by atoms with Crippen LogP contribution in [-0.2, 0) is 4.79 Å². The molecule has 0 saturated carbocycles. The fourth-order valence-electron chi connectivity index (χ4n) is 2.60. The molecule has 1 aromatic heterocycles. The van der Waals surface area contributed by atoms with Gasteiger partial charge in [-0.15, -0.1) is 6.58 Å². The molecule has 1 aromatic carbocycles. The second-order valence-corrected chi connectivity index (χ2v) is 5.93. The Morgan fingerprint density at radius 2 is 1.96 bits per heavy atom. The van der Waals surface area contributed by atoms with Gasteiger partial charge in [0.1, 0.15) is 5.69 Å².